The van der Waals surface area contributed by atoms with E-state index < -0.39 is 0 Å². The molecule has 1 heterocycles. The first-order valence-corrected chi connectivity index (χ1v) is 6.73. The van der Waals surface area contributed by atoms with E-state index in [1.807, 2.05) is 43.3 Å². The number of aldehydes is 1. The molecule has 0 amide bonds. The summed E-state index contributed by atoms with van der Waals surface area (Å²) in [6, 6.07) is 15.7. The van der Waals surface area contributed by atoms with E-state index >= 15 is 0 Å². The molecule has 3 nitrogen and oxygen atoms in total. The molecule has 3 heteroatoms. The SMILES string of the molecule is COc1ccc(-c2nc3ccccc3cc2C)cc1C=O. The number of benzene rings is 2. The van der Waals surface area contributed by atoms with Gasteiger partial charge in [0.2, 0.25) is 0 Å². The minimum Gasteiger partial charge on any atom is -0.496 e. The molecule has 21 heavy (non-hydrogen) atoms. The molecule has 0 saturated heterocycles. The van der Waals surface area contributed by atoms with E-state index in [4.69, 9.17) is 9.72 Å². The van der Waals surface area contributed by atoms with Crippen molar-refractivity contribution in [2.45, 2.75) is 6.92 Å². The molecule has 0 aliphatic rings. The maximum atomic E-state index is 11.2. The third-order valence-electron chi connectivity index (χ3n) is 3.54. The van der Waals surface area contributed by atoms with Crippen molar-refractivity contribution >= 4 is 17.2 Å². The van der Waals surface area contributed by atoms with Crippen molar-refractivity contribution in [3.05, 3.63) is 59.7 Å². The summed E-state index contributed by atoms with van der Waals surface area (Å²) >= 11 is 0. The molecule has 0 spiro atoms. The number of hydrogen-bond donors (Lipinski definition) is 0. The third-order valence-corrected chi connectivity index (χ3v) is 3.54. The number of hydrogen-bond acceptors (Lipinski definition) is 3. The number of methoxy groups -OCH3 is 1. The molecule has 0 fully saturated rings. The van der Waals surface area contributed by atoms with Gasteiger partial charge in [0, 0.05) is 10.9 Å². The molecular formula is C18H15NO2. The molecule has 3 rings (SSSR count). The zero-order valence-corrected chi connectivity index (χ0v) is 12.0. The molecule has 0 saturated carbocycles. The van der Waals surface area contributed by atoms with Crippen LogP contribution >= 0.6 is 0 Å². The van der Waals surface area contributed by atoms with Crippen LogP contribution in [0.25, 0.3) is 22.2 Å². The first-order valence-electron chi connectivity index (χ1n) is 6.73. The number of pyridine rings is 1. The van der Waals surface area contributed by atoms with Crippen molar-refractivity contribution in [1.29, 1.82) is 0 Å². The minimum absolute atomic E-state index is 0.532. The molecule has 0 unspecified atom stereocenters. The van der Waals surface area contributed by atoms with Gasteiger partial charge in [0.05, 0.1) is 23.9 Å². The molecule has 0 bridgehead atoms. The topological polar surface area (TPSA) is 39.2 Å². The summed E-state index contributed by atoms with van der Waals surface area (Å²) < 4.78 is 5.18. The van der Waals surface area contributed by atoms with Gasteiger partial charge in [0.1, 0.15) is 5.75 Å². The molecule has 0 aliphatic heterocycles. The zero-order chi connectivity index (χ0) is 14.8. The lowest BCUT2D eigenvalue weighted by molar-refractivity contribution is 0.112. The number of aromatic nitrogens is 1. The van der Waals surface area contributed by atoms with Crippen molar-refractivity contribution in [2.24, 2.45) is 0 Å². The Hall–Kier alpha value is -2.68. The van der Waals surface area contributed by atoms with Gasteiger partial charge in [-0.15, -0.1) is 0 Å². The summed E-state index contributed by atoms with van der Waals surface area (Å²) in [6.45, 7) is 2.03. The number of carbonyl (C=O) groups excluding carboxylic acids is 1. The molecule has 0 radical (unpaired) electrons. The van der Waals surface area contributed by atoms with E-state index in [2.05, 4.69) is 6.07 Å². The summed E-state index contributed by atoms with van der Waals surface area (Å²) in [5.74, 6) is 0.576. The monoisotopic (exact) mass is 277 g/mol. The predicted molar refractivity (Wildman–Crippen MR) is 83.9 cm³/mol. The van der Waals surface area contributed by atoms with Crippen LogP contribution in [0.3, 0.4) is 0 Å². The standard InChI is InChI=1S/C18H15NO2/c1-12-9-13-5-3-4-6-16(13)19-18(12)14-7-8-17(21-2)15(10-14)11-20/h3-11H,1-2H3. The van der Waals surface area contributed by atoms with Crippen LogP contribution < -0.4 is 4.74 Å². The summed E-state index contributed by atoms with van der Waals surface area (Å²) in [5.41, 5.74) is 4.36. The number of ether oxygens (including phenoxy) is 1. The smallest absolute Gasteiger partial charge is 0.153 e. The average molecular weight is 277 g/mol. The second kappa shape index (κ2) is 5.37. The van der Waals surface area contributed by atoms with E-state index in [0.717, 1.165) is 34.0 Å². The van der Waals surface area contributed by atoms with Gasteiger partial charge in [-0.05, 0) is 42.8 Å². The van der Waals surface area contributed by atoms with Gasteiger partial charge in [-0.2, -0.15) is 0 Å². The van der Waals surface area contributed by atoms with Gasteiger partial charge in [0.25, 0.3) is 0 Å². The summed E-state index contributed by atoms with van der Waals surface area (Å²) in [5, 5.41) is 1.11. The first-order chi connectivity index (χ1) is 10.2. The van der Waals surface area contributed by atoms with Crippen molar-refractivity contribution in [2.75, 3.05) is 7.11 Å². The largest absolute Gasteiger partial charge is 0.496 e. The molecule has 0 aliphatic carbocycles. The number of rotatable bonds is 3. The quantitative estimate of drug-likeness (QED) is 0.678. The highest BCUT2D eigenvalue weighted by Gasteiger charge is 2.09. The third kappa shape index (κ3) is 2.38. The second-order valence-electron chi connectivity index (χ2n) is 4.92. The summed E-state index contributed by atoms with van der Waals surface area (Å²) in [6.07, 6.45) is 0.804. The van der Waals surface area contributed by atoms with Gasteiger partial charge in [-0.1, -0.05) is 18.2 Å². The van der Waals surface area contributed by atoms with Crippen molar-refractivity contribution in [3.63, 3.8) is 0 Å². The number of para-hydroxylation sites is 1. The maximum absolute atomic E-state index is 11.2. The predicted octanol–water partition coefficient (Wildman–Crippen LogP) is 4.03. The molecule has 0 N–H and O–H groups in total. The highest BCUT2D eigenvalue weighted by Crippen LogP contribution is 2.28. The number of fused-ring (bicyclic) bond motifs is 1. The molecule has 2 aromatic carbocycles. The fraction of sp³-hybridized carbons (Fsp3) is 0.111. The van der Waals surface area contributed by atoms with Crippen LogP contribution in [0.5, 0.6) is 5.75 Å². The summed E-state index contributed by atoms with van der Waals surface area (Å²) in [4.78, 5) is 15.9. The van der Waals surface area contributed by atoms with Gasteiger partial charge < -0.3 is 4.74 Å². The number of aryl methyl sites for hydroxylation is 1. The van der Waals surface area contributed by atoms with E-state index in [0.29, 0.717) is 11.3 Å². The van der Waals surface area contributed by atoms with Crippen molar-refractivity contribution in [3.8, 4) is 17.0 Å². The molecule has 3 aromatic rings. The second-order valence-corrected chi connectivity index (χ2v) is 4.92. The Morgan fingerprint density at radius 1 is 1.10 bits per heavy atom. The van der Waals surface area contributed by atoms with Crippen molar-refractivity contribution in [1.82, 2.24) is 4.98 Å². The lowest BCUT2D eigenvalue weighted by Gasteiger charge is -2.10. The molecule has 0 atom stereocenters. The maximum Gasteiger partial charge on any atom is 0.153 e. The fourth-order valence-corrected chi connectivity index (χ4v) is 2.49. The van der Waals surface area contributed by atoms with E-state index in [9.17, 15) is 4.79 Å². The van der Waals surface area contributed by atoms with Gasteiger partial charge in [0.15, 0.2) is 6.29 Å². The van der Waals surface area contributed by atoms with E-state index in [1.165, 1.54) is 0 Å². The molecule has 104 valence electrons. The Morgan fingerprint density at radius 3 is 2.67 bits per heavy atom. The van der Waals surface area contributed by atoms with Gasteiger partial charge in [-0.25, -0.2) is 4.98 Å². The van der Waals surface area contributed by atoms with Crippen molar-refractivity contribution < 1.29 is 9.53 Å². The van der Waals surface area contributed by atoms with Gasteiger partial charge in [-0.3, -0.25) is 4.79 Å². The Morgan fingerprint density at radius 2 is 1.90 bits per heavy atom. The van der Waals surface area contributed by atoms with Crippen LogP contribution in [0.2, 0.25) is 0 Å². The fourth-order valence-electron chi connectivity index (χ4n) is 2.49. The van der Waals surface area contributed by atoms with Gasteiger partial charge >= 0.3 is 0 Å². The number of nitrogens with zero attached hydrogens (tertiary/aromatic N) is 1. The zero-order valence-electron chi connectivity index (χ0n) is 12.0. The minimum atomic E-state index is 0.532. The molecular weight excluding hydrogens is 262 g/mol. The van der Waals surface area contributed by atoms with Crippen LogP contribution in [0, 0.1) is 6.92 Å². The van der Waals surface area contributed by atoms with E-state index in [1.54, 1.807) is 13.2 Å². The van der Waals surface area contributed by atoms with Crippen LogP contribution in [0.1, 0.15) is 15.9 Å². The van der Waals surface area contributed by atoms with E-state index in [-0.39, 0.29) is 0 Å². The lowest BCUT2D eigenvalue weighted by atomic mass is 10.0. The molecule has 1 aromatic heterocycles. The van der Waals surface area contributed by atoms with Crippen LogP contribution in [-0.4, -0.2) is 18.4 Å². The van der Waals surface area contributed by atoms with Crippen LogP contribution in [0.15, 0.2) is 48.5 Å². The summed E-state index contributed by atoms with van der Waals surface area (Å²) in [7, 11) is 1.56. The van der Waals surface area contributed by atoms with Crippen LogP contribution in [-0.2, 0) is 0 Å². The highest BCUT2D eigenvalue weighted by atomic mass is 16.5. The average Bonchev–Trinajstić information content (AvgIpc) is 2.53. The number of carbonyl (C=O) groups is 1. The first kappa shape index (κ1) is 13.3. The Bertz CT molecular complexity index is 825. The Labute approximate surface area is 123 Å². The highest BCUT2D eigenvalue weighted by molar-refractivity contribution is 5.86. The van der Waals surface area contributed by atoms with Crippen LogP contribution in [0.4, 0.5) is 0 Å². The Balaban J connectivity index is 2.20. The Kier molecular flexibility index (Phi) is 3.40. The normalized spacial score (nSPS) is 10.6. The lowest BCUT2D eigenvalue weighted by Crippen LogP contribution is -1.94.